The summed E-state index contributed by atoms with van der Waals surface area (Å²) < 4.78 is 2.59. The van der Waals surface area contributed by atoms with Crippen LogP contribution in [0.1, 0.15) is 0 Å². The third-order valence-corrected chi connectivity index (χ3v) is 2.24. The van der Waals surface area contributed by atoms with Crippen LogP contribution in [0.15, 0.2) is 23.3 Å². The van der Waals surface area contributed by atoms with E-state index in [9.17, 15) is 9.59 Å². The van der Waals surface area contributed by atoms with Crippen LogP contribution in [-0.2, 0) is 18.4 Å². The molecule has 2 aromatic heterocycles. The minimum Gasteiger partial charge on any atom is -0.480 e. The highest BCUT2D eigenvalue weighted by atomic mass is 16.4. The van der Waals surface area contributed by atoms with Gasteiger partial charge in [0.15, 0.2) is 0 Å². The Hall–Kier alpha value is -2.11. The van der Waals surface area contributed by atoms with Crippen LogP contribution < -0.4 is 5.69 Å². The van der Waals surface area contributed by atoms with Gasteiger partial charge in [-0.25, -0.2) is 4.79 Å². The topological polar surface area (TPSA) is 77.1 Å². The van der Waals surface area contributed by atoms with E-state index in [4.69, 9.17) is 5.11 Å². The molecule has 1 N–H and O–H groups in total. The SMILES string of the molecule is Cn1c(=O)n(CC(=O)O)c2ccncc21. The van der Waals surface area contributed by atoms with E-state index in [0.717, 1.165) is 0 Å². The van der Waals surface area contributed by atoms with Crippen molar-refractivity contribution in [1.29, 1.82) is 0 Å². The Morgan fingerprint density at radius 3 is 2.93 bits per heavy atom. The van der Waals surface area contributed by atoms with Gasteiger partial charge in [0.2, 0.25) is 0 Å². The van der Waals surface area contributed by atoms with Crippen molar-refractivity contribution in [3.05, 3.63) is 28.9 Å². The van der Waals surface area contributed by atoms with Crippen LogP contribution in [0.3, 0.4) is 0 Å². The Balaban J connectivity index is 2.78. The van der Waals surface area contributed by atoms with Gasteiger partial charge in [0.05, 0.1) is 17.2 Å². The van der Waals surface area contributed by atoms with Crippen LogP contribution in [0.25, 0.3) is 11.0 Å². The van der Waals surface area contributed by atoms with Gasteiger partial charge in [0, 0.05) is 13.2 Å². The number of aryl methyl sites for hydroxylation is 1. The summed E-state index contributed by atoms with van der Waals surface area (Å²) in [6, 6.07) is 1.62. The van der Waals surface area contributed by atoms with E-state index in [-0.39, 0.29) is 12.2 Å². The lowest BCUT2D eigenvalue weighted by molar-refractivity contribution is -0.137. The van der Waals surface area contributed by atoms with Gasteiger partial charge in [0.25, 0.3) is 0 Å². The molecular formula is C9H9N3O3. The van der Waals surface area contributed by atoms with Crippen LogP contribution in [0, 0.1) is 0 Å². The van der Waals surface area contributed by atoms with Crippen molar-refractivity contribution >= 4 is 17.0 Å². The quantitative estimate of drug-likeness (QED) is 0.741. The maximum atomic E-state index is 11.7. The Morgan fingerprint density at radius 1 is 1.53 bits per heavy atom. The Kier molecular flexibility index (Phi) is 2.03. The molecule has 0 amide bonds. The molecule has 0 saturated carbocycles. The van der Waals surface area contributed by atoms with Gasteiger partial charge in [-0.3, -0.25) is 18.9 Å². The van der Waals surface area contributed by atoms with E-state index < -0.39 is 5.97 Å². The highest BCUT2D eigenvalue weighted by Gasteiger charge is 2.12. The maximum Gasteiger partial charge on any atom is 0.329 e. The average molecular weight is 207 g/mol. The fourth-order valence-electron chi connectivity index (χ4n) is 1.54. The summed E-state index contributed by atoms with van der Waals surface area (Å²) in [5.74, 6) is -1.04. The number of carboxylic acids is 1. The number of imidazole rings is 1. The summed E-state index contributed by atoms with van der Waals surface area (Å²) in [5, 5.41) is 8.68. The lowest BCUT2D eigenvalue weighted by Crippen LogP contribution is -2.25. The average Bonchev–Trinajstić information content (AvgIpc) is 2.44. The van der Waals surface area contributed by atoms with Crippen molar-refractivity contribution < 1.29 is 9.90 Å². The van der Waals surface area contributed by atoms with E-state index in [0.29, 0.717) is 11.0 Å². The summed E-state index contributed by atoms with van der Waals surface area (Å²) in [5.41, 5.74) is 0.865. The van der Waals surface area contributed by atoms with E-state index in [1.807, 2.05) is 0 Å². The van der Waals surface area contributed by atoms with E-state index in [1.165, 1.54) is 21.5 Å². The van der Waals surface area contributed by atoms with Gasteiger partial charge in [0.1, 0.15) is 6.54 Å². The number of pyridine rings is 1. The molecule has 0 aromatic carbocycles. The van der Waals surface area contributed by atoms with Crippen molar-refractivity contribution in [3.8, 4) is 0 Å². The fourth-order valence-corrected chi connectivity index (χ4v) is 1.54. The molecule has 2 rings (SSSR count). The molecule has 0 atom stereocenters. The molecule has 0 saturated heterocycles. The van der Waals surface area contributed by atoms with Crippen molar-refractivity contribution in [2.75, 3.05) is 0 Å². The first-order valence-electron chi connectivity index (χ1n) is 4.32. The first-order valence-corrected chi connectivity index (χ1v) is 4.32. The molecule has 6 nitrogen and oxygen atoms in total. The van der Waals surface area contributed by atoms with Crippen molar-refractivity contribution in [3.63, 3.8) is 0 Å². The zero-order valence-corrected chi connectivity index (χ0v) is 8.04. The number of carbonyl (C=O) groups is 1. The smallest absolute Gasteiger partial charge is 0.329 e. The molecule has 0 bridgehead atoms. The second-order valence-electron chi connectivity index (χ2n) is 3.19. The van der Waals surface area contributed by atoms with Gasteiger partial charge in [-0.05, 0) is 6.07 Å². The lowest BCUT2D eigenvalue weighted by Gasteiger charge is -1.96. The molecule has 0 aliphatic heterocycles. The number of hydrogen-bond acceptors (Lipinski definition) is 3. The summed E-state index contributed by atoms with van der Waals surface area (Å²) in [6.07, 6.45) is 3.06. The van der Waals surface area contributed by atoms with E-state index >= 15 is 0 Å². The Bertz CT molecular complexity index is 582. The van der Waals surface area contributed by atoms with Crippen molar-refractivity contribution in [2.24, 2.45) is 7.05 Å². The molecule has 0 unspecified atom stereocenters. The largest absolute Gasteiger partial charge is 0.480 e. The molecule has 0 spiro atoms. The number of carboxylic acid groups (broad SMARTS) is 1. The van der Waals surface area contributed by atoms with Crippen molar-refractivity contribution in [1.82, 2.24) is 14.1 Å². The summed E-state index contributed by atoms with van der Waals surface area (Å²) in [4.78, 5) is 26.1. The van der Waals surface area contributed by atoms with E-state index in [2.05, 4.69) is 4.98 Å². The minimum absolute atomic E-state index is 0.333. The molecule has 0 aliphatic carbocycles. The Morgan fingerprint density at radius 2 is 2.27 bits per heavy atom. The predicted octanol–water partition coefficient (Wildman–Crippen LogP) is -0.180. The summed E-state index contributed by atoms with van der Waals surface area (Å²) >= 11 is 0. The van der Waals surface area contributed by atoms with Crippen LogP contribution >= 0.6 is 0 Å². The van der Waals surface area contributed by atoms with Gasteiger partial charge in [-0.15, -0.1) is 0 Å². The molecule has 0 aliphatic rings. The predicted molar refractivity (Wildman–Crippen MR) is 52.6 cm³/mol. The molecule has 0 radical (unpaired) electrons. The zero-order chi connectivity index (χ0) is 11.0. The van der Waals surface area contributed by atoms with Crippen LogP contribution in [-0.4, -0.2) is 25.2 Å². The number of fused-ring (bicyclic) bond motifs is 1. The highest BCUT2D eigenvalue weighted by molar-refractivity contribution is 5.77. The first kappa shape index (κ1) is 9.45. The maximum absolute atomic E-state index is 11.7. The minimum atomic E-state index is -1.04. The monoisotopic (exact) mass is 207 g/mol. The number of nitrogens with zero attached hydrogens (tertiary/aromatic N) is 3. The van der Waals surface area contributed by atoms with Gasteiger partial charge >= 0.3 is 11.7 Å². The fraction of sp³-hybridized carbons (Fsp3) is 0.222. The second kappa shape index (κ2) is 3.23. The highest BCUT2D eigenvalue weighted by Crippen LogP contribution is 2.09. The van der Waals surface area contributed by atoms with Crippen molar-refractivity contribution in [2.45, 2.75) is 6.54 Å². The second-order valence-corrected chi connectivity index (χ2v) is 3.19. The number of hydrogen-bond donors (Lipinski definition) is 1. The standard InChI is InChI=1S/C9H9N3O3/c1-11-7-4-10-3-2-6(7)12(9(11)15)5-8(13)14/h2-4H,5H2,1H3,(H,13,14). The number of aromatic nitrogens is 3. The molecule has 78 valence electrons. The summed E-state index contributed by atoms with van der Waals surface area (Å²) in [6.45, 7) is -0.333. The molecule has 2 aromatic rings. The lowest BCUT2D eigenvalue weighted by atomic mass is 10.4. The normalized spacial score (nSPS) is 10.7. The summed E-state index contributed by atoms with van der Waals surface area (Å²) in [7, 11) is 1.59. The van der Waals surface area contributed by atoms with E-state index in [1.54, 1.807) is 13.1 Å². The van der Waals surface area contributed by atoms with Crippen LogP contribution in [0.2, 0.25) is 0 Å². The molecule has 6 heteroatoms. The number of aliphatic carboxylic acids is 1. The zero-order valence-electron chi connectivity index (χ0n) is 8.04. The third kappa shape index (κ3) is 1.39. The first-order chi connectivity index (χ1) is 7.11. The van der Waals surface area contributed by atoms with Gasteiger partial charge < -0.3 is 5.11 Å². The Labute approximate surface area is 84.4 Å². The third-order valence-electron chi connectivity index (χ3n) is 2.24. The number of rotatable bonds is 2. The molecule has 0 fully saturated rings. The molecule has 2 heterocycles. The molecular weight excluding hydrogens is 198 g/mol. The van der Waals surface area contributed by atoms with Gasteiger partial charge in [-0.1, -0.05) is 0 Å². The van der Waals surface area contributed by atoms with Gasteiger partial charge in [-0.2, -0.15) is 0 Å². The van der Waals surface area contributed by atoms with Crippen LogP contribution in [0.5, 0.6) is 0 Å². The molecule has 15 heavy (non-hydrogen) atoms. The van der Waals surface area contributed by atoms with Crippen LogP contribution in [0.4, 0.5) is 0 Å².